The van der Waals surface area contributed by atoms with E-state index in [1.54, 1.807) is 22.7 Å². The van der Waals surface area contributed by atoms with Gasteiger partial charge in [-0.05, 0) is 61.1 Å². The highest BCUT2D eigenvalue weighted by molar-refractivity contribution is 7.25. The fraction of sp³-hybridized carbons (Fsp3) is 0.381. The van der Waals surface area contributed by atoms with Gasteiger partial charge in [0.1, 0.15) is 20.8 Å². The number of carbonyl (C=O) groups excluding carboxylic acids is 4. The smallest absolute Gasteiger partial charge is 0.271 e. The van der Waals surface area contributed by atoms with Crippen LogP contribution < -0.4 is 0 Å². The molecule has 2 unspecified atom stereocenters. The summed E-state index contributed by atoms with van der Waals surface area (Å²) < 4.78 is 9.44. The van der Waals surface area contributed by atoms with Gasteiger partial charge in [-0.3, -0.25) is 29.0 Å². The largest absolute Gasteiger partial charge is 0.273 e. The second-order valence-corrected chi connectivity index (χ2v) is 19.2. The molecule has 6 aromatic rings. The van der Waals surface area contributed by atoms with Crippen molar-refractivity contribution in [2.24, 2.45) is 11.8 Å². The Morgan fingerprint density at radius 2 is 0.927 bits per heavy atom. The predicted octanol–water partition coefficient (Wildman–Crippen LogP) is 12.2. The van der Waals surface area contributed by atoms with Crippen LogP contribution >= 0.6 is 57.1 Å². The number of nitrogens with zero attached hydrogens (tertiary/aromatic N) is 4. The highest BCUT2D eigenvalue weighted by Gasteiger charge is 2.40. The molecular formula is C42H42N4O4S5. The minimum Gasteiger partial charge on any atom is -0.273 e. The zero-order valence-electron chi connectivity index (χ0n) is 31.3. The van der Waals surface area contributed by atoms with E-state index in [4.69, 9.17) is 8.75 Å². The van der Waals surface area contributed by atoms with Gasteiger partial charge in [0.15, 0.2) is 0 Å². The molecule has 5 aromatic heterocycles. The highest BCUT2D eigenvalue weighted by Crippen LogP contribution is 2.46. The highest BCUT2D eigenvalue weighted by atomic mass is 32.1. The van der Waals surface area contributed by atoms with Crippen molar-refractivity contribution in [3.8, 4) is 40.4 Å². The number of benzene rings is 1. The Labute approximate surface area is 341 Å². The lowest BCUT2D eigenvalue weighted by molar-refractivity contribution is 0.0610. The van der Waals surface area contributed by atoms with Crippen molar-refractivity contribution in [3.05, 3.63) is 69.4 Å². The van der Waals surface area contributed by atoms with E-state index in [-0.39, 0.29) is 23.6 Å². The number of hydrogen-bond donors (Lipinski definition) is 0. The number of thiophene rings is 4. The van der Waals surface area contributed by atoms with Crippen molar-refractivity contribution in [1.82, 2.24) is 18.5 Å². The first-order valence-corrected chi connectivity index (χ1v) is 23.2. The summed E-state index contributed by atoms with van der Waals surface area (Å²) in [6.45, 7) is 9.57. The quantitative estimate of drug-likeness (QED) is 0.0901. The van der Waals surface area contributed by atoms with Crippen molar-refractivity contribution in [2.45, 2.75) is 79.1 Å². The molecule has 0 aliphatic carbocycles. The molecule has 7 heterocycles. The molecule has 0 bridgehead atoms. The van der Waals surface area contributed by atoms with Crippen molar-refractivity contribution in [2.75, 3.05) is 13.1 Å². The number of rotatable bonds is 16. The van der Waals surface area contributed by atoms with Gasteiger partial charge in [0, 0.05) is 53.5 Å². The number of unbranched alkanes of at least 4 members (excludes halogenated alkanes) is 2. The first-order valence-electron chi connectivity index (χ1n) is 19.2. The molecule has 0 saturated heterocycles. The monoisotopic (exact) mass is 826 g/mol. The molecule has 284 valence electrons. The van der Waals surface area contributed by atoms with Gasteiger partial charge in [-0.15, -0.1) is 45.3 Å². The molecule has 0 saturated carbocycles. The van der Waals surface area contributed by atoms with Gasteiger partial charge in [0.2, 0.25) is 0 Å². The summed E-state index contributed by atoms with van der Waals surface area (Å²) in [7, 11) is 0. The zero-order valence-corrected chi connectivity index (χ0v) is 35.4. The van der Waals surface area contributed by atoms with E-state index in [0.29, 0.717) is 45.8 Å². The Kier molecular flexibility index (Phi) is 11.0. The van der Waals surface area contributed by atoms with Crippen LogP contribution in [0.4, 0.5) is 0 Å². The Morgan fingerprint density at radius 1 is 0.509 bits per heavy atom. The Hall–Kier alpha value is -3.88. The number of amides is 4. The van der Waals surface area contributed by atoms with Crippen molar-refractivity contribution in [3.63, 3.8) is 0 Å². The van der Waals surface area contributed by atoms with Crippen LogP contribution in [0, 0.1) is 11.8 Å². The molecule has 2 aliphatic heterocycles. The molecule has 1 aromatic carbocycles. The van der Waals surface area contributed by atoms with Gasteiger partial charge in [-0.2, -0.15) is 8.75 Å². The summed E-state index contributed by atoms with van der Waals surface area (Å²) in [5, 5.41) is 0. The Balaban J connectivity index is 0.995. The Bertz CT molecular complexity index is 2200. The topological polar surface area (TPSA) is 101 Å². The van der Waals surface area contributed by atoms with Crippen molar-refractivity contribution < 1.29 is 19.2 Å². The number of aromatic nitrogens is 2. The lowest BCUT2D eigenvalue weighted by Crippen LogP contribution is -2.34. The SMILES string of the molecule is CCCCC(CC)CN1C(=O)c2cc(-c3ccc(-c4ccc(-c5ccc(-c6cc7c(s6)C(=O)N(CC(CC)CCCC)C7=O)s5)c5nsnc45)s3)sc2C1=O. The van der Waals surface area contributed by atoms with Crippen LogP contribution in [0.15, 0.2) is 48.5 Å². The van der Waals surface area contributed by atoms with Gasteiger partial charge in [-0.1, -0.05) is 78.4 Å². The second kappa shape index (κ2) is 15.9. The van der Waals surface area contributed by atoms with Crippen LogP contribution in [-0.2, 0) is 0 Å². The Morgan fingerprint density at radius 3 is 1.31 bits per heavy atom. The molecule has 13 heteroatoms. The second-order valence-electron chi connectivity index (χ2n) is 14.4. The van der Waals surface area contributed by atoms with Crippen LogP contribution in [0.25, 0.3) is 51.4 Å². The third kappa shape index (κ3) is 6.96. The van der Waals surface area contributed by atoms with Crippen LogP contribution in [0.3, 0.4) is 0 Å². The van der Waals surface area contributed by atoms with Gasteiger partial charge >= 0.3 is 0 Å². The molecule has 0 N–H and O–H groups in total. The van der Waals surface area contributed by atoms with Gasteiger partial charge in [0.25, 0.3) is 23.6 Å². The van der Waals surface area contributed by atoms with E-state index >= 15 is 0 Å². The van der Waals surface area contributed by atoms with Gasteiger partial charge in [0.05, 0.1) is 22.9 Å². The first-order chi connectivity index (χ1) is 26.7. The number of imide groups is 2. The molecule has 8 nitrogen and oxygen atoms in total. The molecule has 0 spiro atoms. The average molecular weight is 827 g/mol. The summed E-state index contributed by atoms with van der Waals surface area (Å²) in [5.41, 5.74) is 4.65. The molecule has 0 radical (unpaired) electrons. The molecule has 4 amide bonds. The molecule has 2 atom stereocenters. The normalized spacial score (nSPS) is 15.2. The first kappa shape index (κ1) is 38.0. The summed E-state index contributed by atoms with van der Waals surface area (Å²) in [5.74, 6) is -0.0186. The number of carbonyl (C=O) groups is 4. The molecule has 0 fully saturated rings. The number of fused-ring (bicyclic) bond motifs is 3. The van der Waals surface area contributed by atoms with Crippen LogP contribution in [0.2, 0.25) is 0 Å². The standard InChI is InChI=1S/C42H42N4O4S5/c1-5-9-11-23(7-3)21-45-39(47)27-19-33(53-37(27)41(45)49)31-17-15-29(51-31)25-13-14-26(36-35(25)43-55-44-36)30-16-18-32(52-30)34-20-28-38(54-34)42(50)46(40(28)48)22-24(8-4)12-10-6-2/h13-20,23-24H,5-12,21-22H2,1-4H3. The maximum Gasteiger partial charge on any atom is 0.271 e. The van der Waals surface area contributed by atoms with Crippen LogP contribution in [-0.4, -0.2) is 55.3 Å². The van der Waals surface area contributed by atoms with Crippen molar-refractivity contribution >= 4 is 91.7 Å². The molecule has 2 aliphatic rings. The lowest BCUT2D eigenvalue weighted by atomic mass is 9.99. The summed E-state index contributed by atoms with van der Waals surface area (Å²) in [6, 6.07) is 16.2. The van der Waals surface area contributed by atoms with E-state index in [1.807, 2.05) is 12.1 Å². The maximum absolute atomic E-state index is 13.4. The minimum absolute atomic E-state index is 0.166. The third-order valence-electron chi connectivity index (χ3n) is 10.9. The van der Waals surface area contributed by atoms with Crippen LogP contribution in [0.5, 0.6) is 0 Å². The maximum atomic E-state index is 13.4. The molecular weight excluding hydrogens is 785 g/mol. The number of hydrogen-bond acceptors (Lipinski definition) is 11. The average Bonchev–Trinajstić information content (AvgIpc) is 4.05. The lowest BCUT2D eigenvalue weighted by Gasteiger charge is -2.21. The van der Waals surface area contributed by atoms with Gasteiger partial charge in [-0.25, -0.2) is 0 Å². The molecule has 55 heavy (non-hydrogen) atoms. The van der Waals surface area contributed by atoms with Crippen molar-refractivity contribution in [1.29, 1.82) is 0 Å². The van der Waals surface area contributed by atoms with E-state index in [1.165, 1.54) is 44.2 Å². The predicted molar refractivity (Wildman–Crippen MR) is 228 cm³/mol. The van der Waals surface area contributed by atoms with Gasteiger partial charge < -0.3 is 0 Å². The fourth-order valence-corrected chi connectivity index (χ4v) is 12.6. The van der Waals surface area contributed by atoms with E-state index in [0.717, 1.165) is 103 Å². The summed E-state index contributed by atoms with van der Waals surface area (Å²) in [4.78, 5) is 63.4. The fourth-order valence-electron chi connectivity index (χ4n) is 7.56. The van der Waals surface area contributed by atoms with E-state index in [9.17, 15) is 19.2 Å². The molecule has 8 rings (SSSR count). The minimum atomic E-state index is -0.174. The third-order valence-corrected chi connectivity index (χ3v) is 16.3. The van der Waals surface area contributed by atoms with E-state index in [2.05, 4.69) is 64.1 Å². The van der Waals surface area contributed by atoms with Crippen LogP contribution in [0.1, 0.15) is 119 Å². The van der Waals surface area contributed by atoms with E-state index < -0.39 is 0 Å². The summed E-state index contributed by atoms with van der Waals surface area (Å²) >= 11 is 7.23. The summed E-state index contributed by atoms with van der Waals surface area (Å²) in [6.07, 6.45) is 8.37. The zero-order chi connectivity index (χ0) is 38.4.